The summed E-state index contributed by atoms with van der Waals surface area (Å²) >= 11 is 0. The molecule has 9 heteroatoms. The maximum Gasteiger partial charge on any atom is 0.319 e. The van der Waals surface area contributed by atoms with Gasteiger partial charge in [0.2, 0.25) is 0 Å². The number of amides is 2. The van der Waals surface area contributed by atoms with Crippen LogP contribution in [0.25, 0.3) is 0 Å². The fraction of sp³-hybridized carbons (Fsp3) is 0.474. The van der Waals surface area contributed by atoms with E-state index >= 15 is 0 Å². The molecule has 7 nitrogen and oxygen atoms in total. The molecule has 1 aromatic heterocycles. The lowest BCUT2D eigenvalue weighted by Crippen LogP contribution is -2.48. The standard InChI is InChI=1S/C19H25F2N5O2/c1-19(20,21)14-6-4-5-7-15(14)24-18(27)22-11-16-17(25(2)8-9-28-16)13-10-23-26(3)12-13/h4-7,10,12,16-17H,8-9,11H2,1-3H3,(H2,22,24,27)/t16-,17-/m1/s1. The fourth-order valence-electron chi connectivity index (χ4n) is 3.43. The number of para-hydroxylation sites is 1. The normalized spacial score (nSPS) is 20.8. The summed E-state index contributed by atoms with van der Waals surface area (Å²) in [7, 11) is 3.83. The highest BCUT2D eigenvalue weighted by atomic mass is 19.3. The van der Waals surface area contributed by atoms with Gasteiger partial charge in [-0.05, 0) is 13.1 Å². The minimum atomic E-state index is -3.05. The quantitative estimate of drug-likeness (QED) is 0.820. The molecule has 1 aliphatic heterocycles. The van der Waals surface area contributed by atoms with Gasteiger partial charge in [0, 0.05) is 44.4 Å². The maximum atomic E-state index is 13.7. The van der Waals surface area contributed by atoms with Crippen LogP contribution in [0.1, 0.15) is 24.1 Å². The number of nitrogens with zero attached hydrogens (tertiary/aromatic N) is 3. The molecular formula is C19H25F2N5O2. The van der Waals surface area contributed by atoms with E-state index in [4.69, 9.17) is 4.74 Å². The van der Waals surface area contributed by atoms with Crippen molar-refractivity contribution in [3.63, 3.8) is 0 Å². The van der Waals surface area contributed by atoms with Crippen LogP contribution in [-0.2, 0) is 17.7 Å². The Morgan fingerprint density at radius 1 is 1.36 bits per heavy atom. The number of carbonyl (C=O) groups is 1. The zero-order valence-electron chi connectivity index (χ0n) is 16.2. The average Bonchev–Trinajstić information content (AvgIpc) is 3.05. The summed E-state index contributed by atoms with van der Waals surface area (Å²) < 4.78 is 35.0. The van der Waals surface area contributed by atoms with Crippen LogP contribution in [0.4, 0.5) is 19.3 Å². The van der Waals surface area contributed by atoms with Crippen LogP contribution in [0.15, 0.2) is 36.7 Å². The minimum Gasteiger partial charge on any atom is -0.373 e. The molecular weight excluding hydrogens is 368 g/mol. The van der Waals surface area contributed by atoms with Crippen LogP contribution in [0.2, 0.25) is 0 Å². The Kier molecular flexibility index (Phi) is 5.95. The van der Waals surface area contributed by atoms with Gasteiger partial charge >= 0.3 is 6.03 Å². The number of carbonyl (C=O) groups excluding carboxylic acids is 1. The summed E-state index contributed by atoms with van der Waals surface area (Å²) in [6, 6.07) is 5.25. The molecule has 0 spiro atoms. The predicted molar refractivity (Wildman–Crippen MR) is 101 cm³/mol. The van der Waals surface area contributed by atoms with Crippen molar-refractivity contribution in [3.8, 4) is 0 Å². The van der Waals surface area contributed by atoms with Crippen molar-refractivity contribution in [2.24, 2.45) is 7.05 Å². The number of alkyl halides is 2. The van der Waals surface area contributed by atoms with E-state index in [-0.39, 0.29) is 29.9 Å². The molecule has 2 heterocycles. The van der Waals surface area contributed by atoms with Gasteiger partial charge in [0.05, 0.1) is 30.6 Å². The van der Waals surface area contributed by atoms with Crippen LogP contribution in [0.5, 0.6) is 0 Å². The number of benzene rings is 1. The second-order valence-electron chi connectivity index (χ2n) is 7.05. The van der Waals surface area contributed by atoms with Crippen molar-refractivity contribution in [1.29, 1.82) is 0 Å². The fourth-order valence-corrected chi connectivity index (χ4v) is 3.43. The highest BCUT2D eigenvalue weighted by molar-refractivity contribution is 5.90. The summed E-state index contributed by atoms with van der Waals surface area (Å²) in [6.07, 6.45) is 3.42. The van der Waals surface area contributed by atoms with E-state index in [1.54, 1.807) is 16.9 Å². The lowest BCUT2D eigenvalue weighted by molar-refractivity contribution is -0.0600. The van der Waals surface area contributed by atoms with Crippen LogP contribution < -0.4 is 10.6 Å². The summed E-state index contributed by atoms with van der Waals surface area (Å²) in [5.74, 6) is -3.05. The third-order valence-corrected chi connectivity index (χ3v) is 4.78. The van der Waals surface area contributed by atoms with Crippen LogP contribution >= 0.6 is 0 Å². The van der Waals surface area contributed by atoms with Crippen molar-refractivity contribution in [1.82, 2.24) is 20.0 Å². The van der Waals surface area contributed by atoms with Crippen molar-refractivity contribution in [3.05, 3.63) is 47.8 Å². The number of nitrogens with one attached hydrogen (secondary N) is 2. The summed E-state index contributed by atoms with van der Waals surface area (Å²) in [5.41, 5.74) is 0.845. The van der Waals surface area contributed by atoms with E-state index < -0.39 is 12.0 Å². The molecule has 152 valence electrons. The number of halogens is 2. The molecule has 1 aromatic carbocycles. The Labute approximate surface area is 162 Å². The largest absolute Gasteiger partial charge is 0.373 e. The Hall–Kier alpha value is -2.52. The Bertz CT molecular complexity index is 821. The van der Waals surface area contributed by atoms with Crippen molar-refractivity contribution in [2.75, 3.05) is 32.1 Å². The molecule has 0 saturated carbocycles. The molecule has 1 aliphatic rings. The van der Waals surface area contributed by atoms with Gasteiger partial charge in [-0.3, -0.25) is 9.58 Å². The molecule has 1 fully saturated rings. The van der Waals surface area contributed by atoms with Gasteiger partial charge in [0.15, 0.2) is 0 Å². The van der Waals surface area contributed by atoms with Crippen molar-refractivity contribution in [2.45, 2.75) is 25.0 Å². The molecule has 0 bridgehead atoms. The SMILES string of the molecule is CN1CCO[C@H](CNC(=O)Nc2ccccc2C(C)(F)F)[C@H]1c1cnn(C)c1. The van der Waals surface area contributed by atoms with E-state index in [1.165, 1.54) is 18.2 Å². The number of urea groups is 1. The zero-order chi connectivity index (χ0) is 20.3. The Balaban J connectivity index is 1.65. The first kappa shape index (κ1) is 20.2. The van der Waals surface area contributed by atoms with Gasteiger partial charge in [-0.2, -0.15) is 5.10 Å². The highest BCUT2D eigenvalue weighted by Gasteiger charge is 2.33. The number of rotatable bonds is 5. The molecule has 2 atom stereocenters. The number of morpholine rings is 1. The number of aromatic nitrogens is 2. The predicted octanol–water partition coefficient (Wildman–Crippen LogP) is 2.73. The molecule has 28 heavy (non-hydrogen) atoms. The van der Waals surface area contributed by atoms with Gasteiger partial charge < -0.3 is 15.4 Å². The lowest BCUT2D eigenvalue weighted by Gasteiger charge is -2.38. The van der Waals surface area contributed by atoms with E-state index in [2.05, 4.69) is 20.6 Å². The third kappa shape index (κ3) is 4.66. The molecule has 3 rings (SSSR count). The molecule has 2 N–H and O–H groups in total. The molecule has 1 saturated heterocycles. The summed E-state index contributed by atoms with van der Waals surface area (Å²) in [6.45, 7) is 2.35. The van der Waals surface area contributed by atoms with Crippen LogP contribution in [-0.4, -0.2) is 53.6 Å². The topological polar surface area (TPSA) is 71.4 Å². The van der Waals surface area contributed by atoms with Gasteiger partial charge in [0.25, 0.3) is 5.92 Å². The van der Waals surface area contributed by atoms with Gasteiger partial charge in [-0.15, -0.1) is 0 Å². The molecule has 0 aliphatic carbocycles. The van der Waals surface area contributed by atoms with Gasteiger partial charge in [-0.1, -0.05) is 18.2 Å². The number of likely N-dealkylation sites (N-methyl/N-ethyl adjacent to an activating group) is 1. The number of aryl methyl sites for hydroxylation is 1. The van der Waals surface area contributed by atoms with Crippen LogP contribution in [0, 0.1) is 0 Å². The van der Waals surface area contributed by atoms with E-state index in [1.807, 2.05) is 20.3 Å². The van der Waals surface area contributed by atoms with E-state index in [9.17, 15) is 13.6 Å². The molecule has 0 radical (unpaired) electrons. The molecule has 0 unspecified atom stereocenters. The van der Waals surface area contributed by atoms with E-state index in [0.29, 0.717) is 6.61 Å². The monoisotopic (exact) mass is 393 g/mol. The van der Waals surface area contributed by atoms with Crippen molar-refractivity contribution >= 4 is 11.7 Å². The van der Waals surface area contributed by atoms with Gasteiger partial charge in [-0.25, -0.2) is 13.6 Å². The Morgan fingerprint density at radius 3 is 2.79 bits per heavy atom. The first-order chi connectivity index (χ1) is 13.3. The lowest BCUT2D eigenvalue weighted by atomic mass is 10.0. The van der Waals surface area contributed by atoms with Crippen molar-refractivity contribution < 1.29 is 18.3 Å². The first-order valence-corrected chi connectivity index (χ1v) is 9.08. The van der Waals surface area contributed by atoms with Crippen LogP contribution in [0.3, 0.4) is 0 Å². The van der Waals surface area contributed by atoms with Gasteiger partial charge in [0.1, 0.15) is 0 Å². The first-order valence-electron chi connectivity index (χ1n) is 9.08. The molecule has 2 aromatic rings. The smallest absolute Gasteiger partial charge is 0.319 e. The van der Waals surface area contributed by atoms with E-state index in [0.717, 1.165) is 19.0 Å². The summed E-state index contributed by atoms with van der Waals surface area (Å²) in [4.78, 5) is 14.5. The molecule has 2 amide bonds. The number of anilines is 1. The number of hydrogen-bond donors (Lipinski definition) is 2. The average molecular weight is 393 g/mol. The summed E-state index contributed by atoms with van der Waals surface area (Å²) in [5, 5.41) is 9.45. The third-order valence-electron chi connectivity index (χ3n) is 4.78. The second-order valence-corrected chi connectivity index (χ2v) is 7.05. The highest BCUT2D eigenvalue weighted by Crippen LogP contribution is 2.32. The maximum absolute atomic E-state index is 13.7. The second kappa shape index (κ2) is 8.24. The minimum absolute atomic E-state index is 0.0602. The Morgan fingerprint density at radius 2 is 2.11 bits per heavy atom. The number of ether oxygens (including phenoxy) is 1. The number of hydrogen-bond acceptors (Lipinski definition) is 4. The zero-order valence-corrected chi connectivity index (χ0v) is 16.2.